The second-order valence-corrected chi connectivity index (χ2v) is 6.00. The molecular weight excluding hydrogens is 373 g/mol. The fourth-order valence-corrected chi connectivity index (χ4v) is 2.44. The van der Waals surface area contributed by atoms with Crippen LogP contribution in [0.5, 0.6) is 0 Å². The number of nitrogens with zero attached hydrogens (tertiary/aromatic N) is 2. The Balaban J connectivity index is 1.91. The first-order valence-electron chi connectivity index (χ1n) is 8.13. The van der Waals surface area contributed by atoms with Gasteiger partial charge in [-0.1, -0.05) is 18.2 Å². The summed E-state index contributed by atoms with van der Waals surface area (Å²) in [7, 11) is 1.49. The summed E-state index contributed by atoms with van der Waals surface area (Å²) in [5.74, 6) is -1.11. The van der Waals surface area contributed by atoms with E-state index in [1.165, 1.54) is 30.1 Å². The minimum atomic E-state index is -4.59. The van der Waals surface area contributed by atoms with Crippen LogP contribution in [0.4, 0.5) is 24.5 Å². The van der Waals surface area contributed by atoms with E-state index in [-0.39, 0.29) is 18.8 Å². The Morgan fingerprint density at radius 1 is 1.04 bits per heavy atom. The van der Waals surface area contributed by atoms with Gasteiger partial charge in [-0.05, 0) is 37.4 Å². The van der Waals surface area contributed by atoms with Crippen molar-refractivity contribution in [2.75, 3.05) is 30.8 Å². The highest BCUT2D eigenvalue weighted by molar-refractivity contribution is 5.95. The summed E-state index contributed by atoms with van der Waals surface area (Å²) in [5.41, 5.74) is -0.470. The summed E-state index contributed by atoms with van der Waals surface area (Å²) in [6.07, 6.45) is -4.59. The standard InChI is InChI=1S/C19H17F3N4O2/c1-26(11-17(27)24-14-6-4-5-13(9-14)10-23)12-18(28)25-16-8-3-2-7-15(16)19(20,21)22/h2-9H,11-12H2,1H3,(H,24,27)(H,25,28). The van der Waals surface area contributed by atoms with Gasteiger partial charge in [0, 0.05) is 5.69 Å². The van der Waals surface area contributed by atoms with Gasteiger partial charge in [-0.25, -0.2) is 0 Å². The summed E-state index contributed by atoms with van der Waals surface area (Å²) in [5, 5.41) is 13.7. The van der Waals surface area contributed by atoms with E-state index in [2.05, 4.69) is 10.6 Å². The highest BCUT2D eigenvalue weighted by Crippen LogP contribution is 2.34. The molecule has 0 radical (unpaired) electrons. The molecule has 2 rings (SSSR count). The zero-order valence-electron chi connectivity index (χ0n) is 14.9. The average molecular weight is 390 g/mol. The maximum atomic E-state index is 13.0. The van der Waals surface area contributed by atoms with Gasteiger partial charge in [0.1, 0.15) is 0 Å². The first kappa shape index (κ1) is 20.9. The second-order valence-electron chi connectivity index (χ2n) is 6.00. The molecule has 0 heterocycles. The van der Waals surface area contributed by atoms with Crippen molar-refractivity contribution in [3.8, 4) is 6.07 Å². The van der Waals surface area contributed by atoms with E-state index in [1.807, 2.05) is 6.07 Å². The molecule has 0 aliphatic carbocycles. The van der Waals surface area contributed by atoms with Crippen molar-refractivity contribution in [3.05, 3.63) is 59.7 Å². The second kappa shape index (κ2) is 9.01. The lowest BCUT2D eigenvalue weighted by Gasteiger charge is -2.17. The van der Waals surface area contributed by atoms with Gasteiger partial charge >= 0.3 is 6.18 Å². The highest BCUT2D eigenvalue weighted by Gasteiger charge is 2.33. The van der Waals surface area contributed by atoms with E-state index in [4.69, 9.17) is 5.26 Å². The quantitative estimate of drug-likeness (QED) is 0.794. The van der Waals surface area contributed by atoms with Crippen LogP contribution in [0, 0.1) is 11.3 Å². The average Bonchev–Trinajstić information content (AvgIpc) is 2.60. The highest BCUT2D eigenvalue weighted by atomic mass is 19.4. The van der Waals surface area contributed by atoms with Crippen molar-refractivity contribution in [2.45, 2.75) is 6.18 Å². The minimum absolute atomic E-state index is 0.162. The van der Waals surface area contributed by atoms with Crippen molar-refractivity contribution in [2.24, 2.45) is 0 Å². The number of halogens is 3. The van der Waals surface area contributed by atoms with Crippen LogP contribution in [0.1, 0.15) is 11.1 Å². The van der Waals surface area contributed by atoms with E-state index in [0.717, 1.165) is 12.1 Å². The van der Waals surface area contributed by atoms with Crippen molar-refractivity contribution < 1.29 is 22.8 Å². The number of nitriles is 1. The molecule has 0 aliphatic rings. The lowest BCUT2D eigenvalue weighted by Crippen LogP contribution is -2.36. The van der Waals surface area contributed by atoms with Crippen LogP contribution >= 0.6 is 0 Å². The summed E-state index contributed by atoms with van der Waals surface area (Å²) in [6, 6.07) is 12.9. The Morgan fingerprint density at radius 3 is 2.32 bits per heavy atom. The number of likely N-dealkylation sites (N-methyl/N-ethyl adjacent to an activating group) is 1. The molecule has 0 fully saturated rings. The zero-order valence-corrected chi connectivity index (χ0v) is 14.9. The van der Waals surface area contributed by atoms with Crippen LogP contribution in [0.25, 0.3) is 0 Å². The number of anilines is 2. The first-order valence-corrected chi connectivity index (χ1v) is 8.13. The Bertz CT molecular complexity index is 907. The third-order valence-electron chi connectivity index (χ3n) is 3.61. The van der Waals surface area contributed by atoms with Crippen molar-refractivity contribution in [1.29, 1.82) is 5.26 Å². The summed E-state index contributed by atoms with van der Waals surface area (Å²) in [6.45, 7) is -0.442. The number of benzene rings is 2. The normalized spacial score (nSPS) is 11.0. The maximum absolute atomic E-state index is 13.0. The summed E-state index contributed by atoms with van der Waals surface area (Å²) < 4.78 is 38.9. The number of amides is 2. The summed E-state index contributed by atoms with van der Waals surface area (Å²) in [4.78, 5) is 25.4. The van der Waals surface area contributed by atoms with Crippen molar-refractivity contribution in [3.63, 3.8) is 0 Å². The van der Waals surface area contributed by atoms with Crippen molar-refractivity contribution in [1.82, 2.24) is 4.90 Å². The Hall–Kier alpha value is -3.38. The predicted octanol–water partition coefficient (Wildman–Crippen LogP) is 3.09. The van der Waals surface area contributed by atoms with Gasteiger partial charge in [-0.3, -0.25) is 14.5 Å². The number of para-hydroxylation sites is 1. The van der Waals surface area contributed by atoms with E-state index >= 15 is 0 Å². The topological polar surface area (TPSA) is 85.2 Å². The Morgan fingerprint density at radius 2 is 1.68 bits per heavy atom. The van der Waals surface area contributed by atoms with Crippen LogP contribution in [-0.2, 0) is 15.8 Å². The monoisotopic (exact) mass is 390 g/mol. The van der Waals surface area contributed by atoms with Gasteiger partial charge in [0.2, 0.25) is 11.8 Å². The maximum Gasteiger partial charge on any atom is 0.418 e. The van der Waals surface area contributed by atoms with E-state index < -0.39 is 23.6 Å². The van der Waals surface area contributed by atoms with Crippen LogP contribution in [0.3, 0.4) is 0 Å². The molecule has 6 nitrogen and oxygen atoms in total. The molecule has 0 aliphatic heterocycles. The SMILES string of the molecule is CN(CC(=O)Nc1cccc(C#N)c1)CC(=O)Nc1ccccc1C(F)(F)F. The molecule has 2 aromatic rings. The molecule has 0 saturated carbocycles. The lowest BCUT2D eigenvalue weighted by atomic mass is 10.1. The third kappa shape index (κ3) is 6.10. The molecule has 0 unspecified atom stereocenters. The molecule has 0 bridgehead atoms. The number of carbonyl (C=O) groups is 2. The van der Waals surface area contributed by atoms with Gasteiger partial charge < -0.3 is 10.6 Å². The molecule has 9 heteroatoms. The van der Waals surface area contributed by atoms with Gasteiger partial charge in [0.25, 0.3) is 0 Å². The summed E-state index contributed by atoms with van der Waals surface area (Å²) >= 11 is 0. The van der Waals surface area contributed by atoms with Gasteiger partial charge in [0.05, 0.1) is 36.0 Å². The molecule has 0 atom stereocenters. The third-order valence-corrected chi connectivity index (χ3v) is 3.61. The molecular formula is C19H17F3N4O2. The molecule has 0 saturated heterocycles. The fourth-order valence-electron chi connectivity index (χ4n) is 2.44. The lowest BCUT2D eigenvalue weighted by molar-refractivity contribution is -0.137. The molecule has 2 N–H and O–H groups in total. The molecule has 0 spiro atoms. The van der Waals surface area contributed by atoms with E-state index in [1.54, 1.807) is 18.2 Å². The number of rotatable bonds is 6. The number of nitrogens with one attached hydrogen (secondary N) is 2. The fraction of sp³-hybridized carbons (Fsp3) is 0.211. The smallest absolute Gasteiger partial charge is 0.325 e. The molecule has 0 aromatic heterocycles. The molecule has 2 aromatic carbocycles. The first-order chi connectivity index (χ1) is 13.2. The zero-order chi connectivity index (χ0) is 20.7. The van der Waals surface area contributed by atoms with Gasteiger partial charge in [0.15, 0.2) is 0 Å². The molecule has 2 amide bonds. The van der Waals surface area contributed by atoms with Crippen LogP contribution < -0.4 is 10.6 Å². The number of carbonyl (C=O) groups excluding carboxylic acids is 2. The van der Waals surface area contributed by atoms with Gasteiger partial charge in [-0.2, -0.15) is 18.4 Å². The van der Waals surface area contributed by atoms with Crippen LogP contribution in [0.15, 0.2) is 48.5 Å². The van der Waals surface area contributed by atoms with Crippen LogP contribution in [-0.4, -0.2) is 36.9 Å². The van der Waals surface area contributed by atoms with E-state index in [9.17, 15) is 22.8 Å². The predicted molar refractivity (Wildman–Crippen MR) is 97.4 cm³/mol. The number of alkyl halides is 3. The Labute approximate surface area is 159 Å². The molecule has 146 valence electrons. The number of hydrogen-bond acceptors (Lipinski definition) is 4. The largest absolute Gasteiger partial charge is 0.418 e. The van der Waals surface area contributed by atoms with E-state index in [0.29, 0.717) is 11.3 Å². The number of hydrogen-bond donors (Lipinski definition) is 2. The van der Waals surface area contributed by atoms with Gasteiger partial charge in [-0.15, -0.1) is 0 Å². The molecule has 28 heavy (non-hydrogen) atoms. The minimum Gasteiger partial charge on any atom is -0.325 e. The Kier molecular flexibility index (Phi) is 6.74. The van der Waals surface area contributed by atoms with Crippen molar-refractivity contribution >= 4 is 23.2 Å². The van der Waals surface area contributed by atoms with Crippen LogP contribution in [0.2, 0.25) is 0 Å².